The van der Waals surface area contributed by atoms with Crippen molar-refractivity contribution >= 4 is 28.3 Å². The summed E-state index contributed by atoms with van der Waals surface area (Å²) >= 11 is 1.36. The van der Waals surface area contributed by atoms with E-state index in [1.807, 2.05) is 12.3 Å². The second-order valence-corrected chi connectivity index (χ2v) is 6.61. The summed E-state index contributed by atoms with van der Waals surface area (Å²) in [5, 5.41) is 17.3. The second-order valence-electron chi connectivity index (χ2n) is 5.75. The maximum Gasteiger partial charge on any atom is 0.310 e. The third-order valence-electron chi connectivity index (χ3n) is 3.65. The van der Waals surface area contributed by atoms with Gasteiger partial charge in [-0.05, 0) is 34.6 Å². The summed E-state index contributed by atoms with van der Waals surface area (Å²) in [6.45, 7) is 8.67. The van der Waals surface area contributed by atoms with Crippen LogP contribution in [0.15, 0.2) is 5.38 Å². The van der Waals surface area contributed by atoms with Gasteiger partial charge in [0.05, 0.1) is 17.7 Å². The highest BCUT2D eigenvalue weighted by atomic mass is 32.1. The number of carbonyl (C=O) groups excluding carboxylic acids is 1. The third-order valence-corrected chi connectivity index (χ3v) is 4.53. The maximum atomic E-state index is 11.8. The van der Waals surface area contributed by atoms with Crippen LogP contribution in [0.3, 0.4) is 0 Å². The smallest absolute Gasteiger partial charge is 0.310 e. The maximum absolute atomic E-state index is 11.8. The first kappa shape index (κ1) is 16.6. The number of rotatable bonds is 6. The number of carboxylic acid groups (broad SMARTS) is 1. The van der Waals surface area contributed by atoms with Gasteiger partial charge < -0.3 is 15.7 Å². The average Bonchev–Trinajstić information content (AvgIpc) is 2.72. The minimum atomic E-state index is -0.995. The Morgan fingerprint density at radius 2 is 1.95 bits per heavy atom. The Morgan fingerprint density at radius 1 is 1.35 bits per heavy atom. The third kappa shape index (κ3) is 3.77. The van der Waals surface area contributed by atoms with Crippen molar-refractivity contribution in [2.24, 2.45) is 5.41 Å². The lowest BCUT2D eigenvalue weighted by atomic mass is 9.74. The lowest BCUT2D eigenvalue weighted by Crippen LogP contribution is -2.56. The summed E-state index contributed by atoms with van der Waals surface area (Å²) in [5.74, 6) is -1.15. The molecule has 0 unspecified atom stereocenters. The van der Waals surface area contributed by atoms with Crippen molar-refractivity contribution in [1.29, 1.82) is 0 Å². The lowest BCUT2D eigenvalue weighted by molar-refractivity contribution is -0.151. The number of nitrogens with one attached hydrogen (secondary N) is 2. The molecule has 1 amide bonds. The molecule has 0 radical (unpaired) electrons. The van der Waals surface area contributed by atoms with Gasteiger partial charge in [-0.25, -0.2) is 4.98 Å². The molecule has 1 aromatic rings. The van der Waals surface area contributed by atoms with Crippen molar-refractivity contribution in [3.63, 3.8) is 0 Å². The Labute approximate surface area is 122 Å². The number of amides is 1. The molecule has 0 aliphatic carbocycles. The molecule has 0 saturated heterocycles. The quantitative estimate of drug-likeness (QED) is 0.746. The Morgan fingerprint density at radius 3 is 2.40 bits per heavy atom. The number of hydrogen-bond donors (Lipinski definition) is 3. The topological polar surface area (TPSA) is 91.3 Å². The number of aryl methyl sites for hydroxylation is 1. The lowest BCUT2D eigenvalue weighted by Gasteiger charge is -2.38. The summed E-state index contributed by atoms with van der Waals surface area (Å²) in [6, 6.07) is 0. The van der Waals surface area contributed by atoms with Gasteiger partial charge in [0.1, 0.15) is 0 Å². The Hall–Kier alpha value is -1.47. The molecule has 1 aromatic heterocycles. The Bertz CT molecular complexity index is 509. The summed E-state index contributed by atoms with van der Waals surface area (Å²) < 4.78 is 0. The van der Waals surface area contributed by atoms with Gasteiger partial charge in [-0.15, -0.1) is 11.3 Å². The van der Waals surface area contributed by atoms with E-state index in [1.165, 1.54) is 11.3 Å². The molecule has 0 atom stereocenters. The van der Waals surface area contributed by atoms with E-state index in [2.05, 4.69) is 15.6 Å². The minimum Gasteiger partial charge on any atom is -0.481 e. The van der Waals surface area contributed by atoms with E-state index < -0.39 is 16.9 Å². The van der Waals surface area contributed by atoms with Crippen molar-refractivity contribution in [2.45, 2.75) is 40.2 Å². The zero-order valence-corrected chi connectivity index (χ0v) is 13.2. The molecule has 1 rings (SSSR count). The fraction of sp³-hybridized carbons (Fsp3) is 0.615. The monoisotopic (exact) mass is 299 g/mol. The van der Waals surface area contributed by atoms with Crippen molar-refractivity contribution in [3.8, 4) is 0 Å². The van der Waals surface area contributed by atoms with Crippen molar-refractivity contribution in [3.05, 3.63) is 11.1 Å². The number of carbonyl (C=O) groups is 2. The first-order chi connectivity index (χ1) is 9.06. The summed E-state index contributed by atoms with van der Waals surface area (Å²) in [5.41, 5.74) is -0.870. The minimum absolute atomic E-state index is 0.0301. The zero-order valence-electron chi connectivity index (χ0n) is 12.4. The summed E-state index contributed by atoms with van der Waals surface area (Å²) in [6.07, 6.45) is 0. The number of anilines is 1. The first-order valence-electron chi connectivity index (χ1n) is 6.26. The molecule has 112 valence electrons. The molecule has 0 aliphatic heterocycles. The largest absolute Gasteiger partial charge is 0.481 e. The molecular formula is C13H21N3O3S. The van der Waals surface area contributed by atoms with Gasteiger partial charge >= 0.3 is 5.97 Å². The highest BCUT2D eigenvalue weighted by molar-refractivity contribution is 7.13. The van der Waals surface area contributed by atoms with E-state index in [9.17, 15) is 14.7 Å². The van der Waals surface area contributed by atoms with Crippen LogP contribution in [0.5, 0.6) is 0 Å². The fourth-order valence-corrected chi connectivity index (χ4v) is 2.07. The van der Waals surface area contributed by atoms with Gasteiger partial charge in [-0.3, -0.25) is 9.59 Å². The molecule has 0 aliphatic rings. The van der Waals surface area contributed by atoms with Gasteiger partial charge in [-0.2, -0.15) is 0 Å². The van der Waals surface area contributed by atoms with E-state index in [4.69, 9.17) is 0 Å². The molecule has 0 saturated carbocycles. The number of thiazole rings is 1. The predicted octanol–water partition coefficient (Wildman–Crippen LogP) is 1.87. The zero-order chi connectivity index (χ0) is 15.6. The van der Waals surface area contributed by atoms with Gasteiger partial charge in [0.25, 0.3) is 0 Å². The molecule has 6 nitrogen and oxygen atoms in total. The highest BCUT2D eigenvalue weighted by Crippen LogP contribution is 2.30. The fourth-order valence-electron chi connectivity index (χ4n) is 1.36. The van der Waals surface area contributed by atoms with Crippen LogP contribution in [0.2, 0.25) is 0 Å². The van der Waals surface area contributed by atoms with Gasteiger partial charge in [0.2, 0.25) is 5.91 Å². The highest BCUT2D eigenvalue weighted by Gasteiger charge is 2.43. The van der Waals surface area contributed by atoms with Crippen LogP contribution in [0.4, 0.5) is 5.13 Å². The second kappa shape index (κ2) is 5.88. The predicted molar refractivity (Wildman–Crippen MR) is 79.0 cm³/mol. The van der Waals surface area contributed by atoms with E-state index in [0.717, 1.165) is 5.69 Å². The van der Waals surface area contributed by atoms with E-state index in [1.54, 1.807) is 27.7 Å². The summed E-state index contributed by atoms with van der Waals surface area (Å²) in [4.78, 5) is 27.2. The van der Waals surface area contributed by atoms with E-state index in [-0.39, 0.29) is 12.5 Å². The van der Waals surface area contributed by atoms with Crippen LogP contribution < -0.4 is 10.6 Å². The molecule has 0 aromatic carbocycles. The molecule has 1 heterocycles. The molecule has 7 heteroatoms. The van der Waals surface area contributed by atoms with Crippen LogP contribution in [0.25, 0.3) is 0 Å². The first-order valence-corrected chi connectivity index (χ1v) is 7.14. The van der Waals surface area contributed by atoms with Crippen LogP contribution in [0, 0.1) is 12.3 Å². The number of nitrogens with zero attached hydrogens (tertiary/aromatic N) is 1. The van der Waals surface area contributed by atoms with E-state index >= 15 is 0 Å². The van der Waals surface area contributed by atoms with Crippen LogP contribution >= 0.6 is 11.3 Å². The number of carboxylic acids is 1. The molecule has 3 N–H and O–H groups in total. The standard InChI is InChI=1S/C13H21N3O3S/c1-8-7-20-11(15-8)16-9(17)6-14-13(4,5)12(2,3)10(18)19/h7,14H,6H2,1-5H3,(H,18,19)(H,15,16,17). The number of hydrogen-bond acceptors (Lipinski definition) is 5. The number of aromatic nitrogens is 1. The van der Waals surface area contributed by atoms with Gasteiger partial charge in [0, 0.05) is 10.9 Å². The van der Waals surface area contributed by atoms with Crippen LogP contribution in [0.1, 0.15) is 33.4 Å². The molecule has 0 spiro atoms. The van der Waals surface area contributed by atoms with Gasteiger partial charge in [-0.1, -0.05) is 0 Å². The molecule has 20 heavy (non-hydrogen) atoms. The van der Waals surface area contributed by atoms with Crippen LogP contribution in [-0.4, -0.2) is 34.1 Å². The number of aliphatic carboxylic acids is 1. The molecule has 0 fully saturated rings. The van der Waals surface area contributed by atoms with Gasteiger partial charge in [0.15, 0.2) is 5.13 Å². The van der Waals surface area contributed by atoms with Crippen molar-refractivity contribution in [2.75, 3.05) is 11.9 Å². The van der Waals surface area contributed by atoms with E-state index in [0.29, 0.717) is 5.13 Å². The average molecular weight is 299 g/mol. The van der Waals surface area contributed by atoms with Crippen LogP contribution in [-0.2, 0) is 9.59 Å². The normalized spacial score (nSPS) is 12.2. The SMILES string of the molecule is Cc1csc(NC(=O)CNC(C)(C)C(C)(C)C(=O)O)n1. The summed E-state index contributed by atoms with van der Waals surface area (Å²) in [7, 11) is 0. The Balaban J connectivity index is 2.58. The molecule has 0 bridgehead atoms. The Kier molecular flexibility index (Phi) is 4.88. The van der Waals surface area contributed by atoms with Crippen molar-refractivity contribution < 1.29 is 14.7 Å². The molecular weight excluding hydrogens is 278 g/mol. The van der Waals surface area contributed by atoms with Crippen molar-refractivity contribution in [1.82, 2.24) is 10.3 Å².